The van der Waals surface area contributed by atoms with Gasteiger partial charge in [-0.05, 0) is 104 Å². The maximum absolute atomic E-state index is 13.9. The van der Waals surface area contributed by atoms with Crippen LogP contribution in [-0.4, -0.2) is 43.6 Å². The minimum atomic E-state index is -0.613. The van der Waals surface area contributed by atoms with Crippen LogP contribution in [-0.2, 0) is 20.9 Å². The summed E-state index contributed by atoms with van der Waals surface area (Å²) >= 11 is 6.66. The summed E-state index contributed by atoms with van der Waals surface area (Å²) in [6, 6.07) is 17.2. The first-order valence-electron chi connectivity index (χ1n) is 18.3. The number of ether oxygens (including phenoxy) is 3. The SMILES string of the molecule is COc1cc(Cl)c(OC2CCC(C)(C(=O)OCc3cccc4ccccc34)CC2)cc1C(=O)N[C@@H]1[C@H]2CC[C@H](C2)[C@@H]1C(=O)NCC1(C)CCC1. The van der Waals surface area contributed by atoms with Crippen molar-refractivity contribution >= 4 is 40.2 Å². The minimum absolute atomic E-state index is 0.0597. The fourth-order valence-corrected chi connectivity index (χ4v) is 9.12. The number of carbonyl (C=O) groups is 3. The molecule has 4 fully saturated rings. The summed E-state index contributed by atoms with van der Waals surface area (Å²) < 4.78 is 17.9. The van der Waals surface area contributed by atoms with Crippen LogP contribution in [0.5, 0.6) is 11.5 Å². The molecule has 0 aliphatic heterocycles. The van der Waals surface area contributed by atoms with Gasteiger partial charge in [-0.2, -0.15) is 0 Å². The van der Waals surface area contributed by atoms with Crippen molar-refractivity contribution in [3.8, 4) is 11.5 Å². The van der Waals surface area contributed by atoms with E-state index in [0.717, 1.165) is 48.4 Å². The molecule has 0 heterocycles. The maximum Gasteiger partial charge on any atom is 0.312 e. The van der Waals surface area contributed by atoms with Crippen LogP contribution in [0.3, 0.4) is 0 Å². The summed E-state index contributed by atoms with van der Waals surface area (Å²) in [6.45, 7) is 5.12. The van der Waals surface area contributed by atoms with Gasteiger partial charge in [-0.25, -0.2) is 0 Å². The highest BCUT2D eigenvalue weighted by molar-refractivity contribution is 6.32. The zero-order valence-electron chi connectivity index (χ0n) is 29.4. The molecule has 4 aliphatic rings. The number of amides is 2. The Balaban J connectivity index is 0.975. The summed E-state index contributed by atoms with van der Waals surface area (Å²) in [5.74, 6) is 0.661. The molecule has 3 aromatic carbocycles. The number of methoxy groups -OCH3 is 1. The Hall–Kier alpha value is -3.78. The number of carbonyl (C=O) groups excluding carboxylic acids is 3. The molecular weight excluding hydrogens is 652 g/mol. The third-order valence-electron chi connectivity index (χ3n) is 12.3. The van der Waals surface area contributed by atoms with E-state index < -0.39 is 5.41 Å². The summed E-state index contributed by atoms with van der Waals surface area (Å²) in [5, 5.41) is 9.02. The van der Waals surface area contributed by atoms with Crippen molar-refractivity contribution in [1.82, 2.24) is 10.6 Å². The molecule has 7 rings (SSSR count). The van der Waals surface area contributed by atoms with E-state index in [4.69, 9.17) is 25.8 Å². The molecule has 0 saturated heterocycles. The molecule has 2 amide bonds. The number of esters is 1. The smallest absolute Gasteiger partial charge is 0.312 e. The molecule has 0 aromatic heterocycles. The largest absolute Gasteiger partial charge is 0.496 e. The van der Waals surface area contributed by atoms with E-state index in [2.05, 4.69) is 29.7 Å². The standard InChI is InChI=1S/C41H49ClN2O6/c1-40(16-7-17-40)24-43-38(46)35-26-12-13-27(20-26)36(35)44-37(45)31-21-34(32(42)22-33(31)48-3)50-29-14-18-41(2,19-15-29)39(47)49-23-28-10-6-9-25-8-4-5-11-30(25)28/h4-6,8-11,21-22,26-27,29,35-36H,7,12-20,23-24H2,1-3H3,(H,43,46)(H,44,45)/t26-,27+,29?,35+,36-,41?/m1/s1. The first-order chi connectivity index (χ1) is 24.1. The molecule has 50 heavy (non-hydrogen) atoms. The molecule has 4 aliphatic carbocycles. The minimum Gasteiger partial charge on any atom is -0.496 e. The number of hydrogen-bond acceptors (Lipinski definition) is 6. The molecule has 4 atom stereocenters. The van der Waals surface area contributed by atoms with Gasteiger partial charge in [0.15, 0.2) is 0 Å². The Morgan fingerprint density at radius 3 is 2.38 bits per heavy atom. The van der Waals surface area contributed by atoms with E-state index in [1.807, 2.05) is 37.3 Å². The van der Waals surface area contributed by atoms with E-state index in [0.29, 0.717) is 54.3 Å². The van der Waals surface area contributed by atoms with E-state index in [1.165, 1.54) is 13.5 Å². The quantitative estimate of drug-likeness (QED) is 0.197. The lowest BCUT2D eigenvalue weighted by molar-refractivity contribution is -0.159. The molecule has 8 nitrogen and oxygen atoms in total. The monoisotopic (exact) mass is 700 g/mol. The number of benzene rings is 3. The Morgan fingerprint density at radius 1 is 0.900 bits per heavy atom. The average molecular weight is 701 g/mol. The van der Waals surface area contributed by atoms with Crippen LogP contribution in [0.4, 0.5) is 0 Å². The zero-order chi connectivity index (χ0) is 35.0. The van der Waals surface area contributed by atoms with Gasteiger partial charge in [0.1, 0.15) is 18.1 Å². The Kier molecular flexibility index (Phi) is 9.77. The van der Waals surface area contributed by atoms with Crippen LogP contribution >= 0.6 is 11.6 Å². The van der Waals surface area contributed by atoms with Gasteiger partial charge in [-0.1, -0.05) is 67.4 Å². The summed E-state index contributed by atoms with van der Waals surface area (Å²) in [4.78, 5) is 40.7. The van der Waals surface area contributed by atoms with E-state index in [-0.39, 0.29) is 59.7 Å². The molecule has 4 saturated carbocycles. The molecule has 266 valence electrons. The Labute approximate surface area is 299 Å². The summed E-state index contributed by atoms with van der Waals surface area (Å²) in [6.07, 6.45) is 8.84. The zero-order valence-corrected chi connectivity index (χ0v) is 30.2. The second-order valence-electron chi connectivity index (χ2n) is 15.8. The lowest BCUT2D eigenvalue weighted by Gasteiger charge is -2.39. The normalized spacial score (nSPS) is 28.0. The fourth-order valence-electron chi connectivity index (χ4n) is 8.92. The number of halogens is 1. The van der Waals surface area contributed by atoms with Gasteiger partial charge in [0, 0.05) is 18.7 Å². The number of hydrogen-bond donors (Lipinski definition) is 2. The van der Waals surface area contributed by atoms with Crippen LogP contribution in [0.2, 0.25) is 5.02 Å². The topological polar surface area (TPSA) is 103 Å². The van der Waals surface area contributed by atoms with E-state index >= 15 is 0 Å². The van der Waals surface area contributed by atoms with Crippen LogP contribution in [0.25, 0.3) is 10.8 Å². The van der Waals surface area contributed by atoms with Crippen molar-refractivity contribution in [3.63, 3.8) is 0 Å². The first kappa shape index (κ1) is 34.7. The van der Waals surface area contributed by atoms with Crippen molar-refractivity contribution in [1.29, 1.82) is 0 Å². The van der Waals surface area contributed by atoms with Crippen molar-refractivity contribution in [2.45, 2.75) is 96.8 Å². The van der Waals surface area contributed by atoms with Gasteiger partial charge in [0.05, 0.1) is 35.1 Å². The fraction of sp³-hybridized carbons (Fsp3) is 0.537. The number of rotatable bonds is 11. The van der Waals surface area contributed by atoms with Gasteiger partial charge in [-0.3, -0.25) is 14.4 Å². The molecule has 2 bridgehead atoms. The second-order valence-corrected chi connectivity index (χ2v) is 16.2. The van der Waals surface area contributed by atoms with Crippen molar-refractivity contribution < 1.29 is 28.6 Å². The first-order valence-corrected chi connectivity index (χ1v) is 18.7. The van der Waals surface area contributed by atoms with Crippen LogP contribution in [0.1, 0.15) is 94.0 Å². The molecular formula is C41H49ClN2O6. The van der Waals surface area contributed by atoms with Gasteiger partial charge in [-0.15, -0.1) is 0 Å². The highest BCUT2D eigenvalue weighted by Crippen LogP contribution is 2.49. The summed E-state index contributed by atoms with van der Waals surface area (Å²) in [5.41, 5.74) is 0.896. The van der Waals surface area contributed by atoms with Crippen LogP contribution in [0.15, 0.2) is 54.6 Å². The van der Waals surface area contributed by atoms with E-state index in [9.17, 15) is 14.4 Å². The highest BCUT2D eigenvalue weighted by Gasteiger charge is 2.52. The number of fused-ring (bicyclic) bond motifs is 3. The van der Waals surface area contributed by atoms with Crippen molar-refractivity contribution in [3.05, 3.63) is 70.7 Å². The molecule has 2 N–H and O–H groups in total. The lowest BCUT2D eigenvalue weighted by atomic mass is 9.70. The predicted octanol–water partition coefficient (Wildman–Crippen LogP) is 8.02. The second kappa shape index (κ2) is 14.1. The Morgan fingerprint density at radius 2 is 1.64 bits per heavy atom. The molecule has 0 radical (unpaired) electrons. The number of nitrogens with one attached hydrogen (secondary N) is 2. The van der Waals surface area contributed by atoms with Crippen molar-refractivity contribution in [2.75, 3.05) is 13.7 Å². The lowest BCUT2D eigenvalue weighted by Crippen LogP contribution is -2.51. The van der Waals surface area contributed by atoms with Crippen molar-refractivity contribution in [2.24, 2.45) is 28.6 Å². The van der Waals surface area contributed by atoms with Crippen LogP contribution < -0.4 is 20.1 Å². The van der Waals surface area contributed by atoms with Gasteiger partial charge >= 0.3 is 5.97 Å². The van der Waals surface area contributed by atoms with E-state index in [1.54, 1.807) is 12.1 Å². The molecule has 0 spiro atoms. The third kappa shape index (κ3) is 6.92. The predicted molar refractivity (Wildman–Crippen MR) is 193 cm³/mol. The Bertz CT molecular complexity index is 1760. The van der Waals surface area contributed by atoms with Gasteiger partial charge in [0.25, 0.3) is 5.91 Å². The molecule has 3 aromatic rings. The third-order valence-corrected chi connectivity index (χ3v) is 12.6. The molecule has 9 heteroatoms. The highest BCUT2D eigenvalue weighted by atomic mass is 35.5. The molecule has 0 unspecified atom stereocenters. The van der Waals surface area contributed by atoms with Gasteiger partial charge < -0.3 is 24.8 Å². The van der Waals surface area contributed by atoms with Gasteiger partial charge in [0.2, 0.25) is 5.91 Å². The average Bonchev–Trinajstić information content (AvgIpc) is 3.72. The summed E-state index contributed by atoms with van der Waals surface area (Å²) in [7, 11) is 1.51. The van der Waals surface area contributed by atoms with Crippen LogP contribution in [0, 0.1) is 28.6 Å². The maximum atomic E-state index is 13.9.